The van der Waals surface area contributed by atoms with Crippen molar-refractivity contribution >= 4 is 5.69 Å². The Morgan fingerprint density at radius 3 is 2.39 bits per heavy atom. The average molecular weight is 248 g/mol. The summed E-state index contributed by atoms with van der Waals surface area (Å²) in [6.45, 7) is 3.37. The molecule has 2 rings (SSSR count). The number of ether oxygens (including phenoxy) is 1. The van der Waals surface area contributed by atoms with Gasteiger partial charge in [-0.2, -0.15) is 0 Å². The second-order valence-electron chi connectivity index (χ2n) is 5.11. The third kappa shape index (κ3) is 3.64. The molecule has 3 nitrogen and oxygen atoms in total. The zero-order chi connectivity index (χ0) is 12.8. The molecule has 18 heavy (non-hydrogen) atoms. The first-order chi connectivity index (χ1) is 8.79. The maximum atomic E-state index is 6.08. The smallest absolute Gasteiger partial charge is 0.120 e. The summed E-state index contributed by atoms with van der Waals surface area (Å²) in [5.41, 5.74) is 8.14. The number of rotatable bonds is 3. The Bertz CT molecular complexity index is 371. The molecular formula is C15H24N2O. The van der Waals surface area contributed by atoms with E-state index in [9.17, 15) is 0 Å². The van der Waals surface area contributed by atoms with Crippen LogP contribution in [-0.2, 0) is 6.54 Å². The number of nitrogen functional groups attached to an aromatic ring is 1. The zero-order valence-electron chi connectivity index (χ0n) is 11.3. The number of likely N-dealkylation sites (tertiary alicyclic amines) is 1. The van der Waals surface area contributed by atoms with Gasteiger partial charge in [0.05, 0.1) is 7.11 Å². The molecule has 0 atom stereocenters. The number of benzene rings is 1. The Hall–Kier alpha value is -1.22. The van der Waals surface area contributed by atoms with Crippen molar-refractivity contribution in [2.75, 3.05) is 25.9 Å². The summed E-state index contributed by atoms with van der Waals surface area (Å²) >= 11 is 0. The molecule has 0 saturated carbocycles. The first kappa shape index (κ1) is 13.2. The summed E-state index contributed by atoms with van der Waals surface area (Å²) in [4.78, 5) is 2.53. The van der Waals surface area contributed by atoms with Crippen LogP contribution in [0.1, 0.15) is 37.7 Å². The van der Waals surface area contributed by atoms with Crippen LogP contribution in [0.4, 0.5) is 5.69 Å². The zero-order valence-corrected chi connectivity index (χ0v) is 11.3. The lowest BCUT2D eigenvalue weighted by molar-refractivity contribution is 0.240. The summed E-state index contributed by atoms with van der Waals surface area (Å²) in [7, 11) is 1.67. The van der Waals surface area contributed by atoms with Crippen LogP contribution in [0.3, 0.4) is 0 Å². The molecule has 1 aromatic rings. The van der Waals surface area contributed by atoms with Gasteiger partial charge in [-0.15, -0.1) is 0 Å². The van der Waals surface area contributed by atoms with Crippen molar-refractivity contribution in [3.05, 3.63) is 23.8 Å². The Balaban J connectivity index is 1.98. The molecule has 1 fully saturated rings. The lowest BCUT2D eigenvalue weighted by atomic mass is 10.1. The molecule has 1 heterocycles. The number of anilines is 1. The fraction of sp³-hybridized carbons (Fsp3) is 0.600. The minimum atomic E-state index is 0.837. The molecule has 1 aromatic carbocycles. The van der Waals surface area contributed by atoms with Crippen molar-refractivity contribution in [2.24, 2.45) is 0 Å². The molecule has 2 N–H and O–H groups in total. The van der Waals surface area contributed by atoms with Gasteiger partial charge in [0.25, 0.3) is 0 Å². The van der Waals surface area contributed by atoms with Crippen molar-refractivity contribution in [2.45, 2.75) is 38.6 Å². The van der Waals surface area contributed by atoms with Gasteiger partial charge in [0.2, 0.25) is 0 Å². The number of nitrogens with zero attached hydrogens (tertiary/aromatic N) is 1. The van der Waals surface area contributed by atoms with Crippen LogP contribution in [0.15, 0.2) is 18.2 Å². The summed E-state index contributed by atoms with van der Waals surface area (Å²) in [5, 5.41) is 0. The largest absolute Gasteiger partial charge is 0.497 e. The Labute approximate surface area is 110 Å². The maximum absolute atomic E-state index is 6.08. The first-order valence-electron chi connectivity index (χ1n) is 6.94. The highest BCUT2D eigenvalue weighted by molar-refractivity contribution is 5.51. The fourth-order valence-electron chi connectivity index (χ4n) is 2.56. The van der Waals surface area contributed by atoms with E-state index in [1.165, 1.54) is 50.8 Å². The fourth-order valence-corrected chi connectivity index (χ4v) is 2.56. The van der Waals surface area contributed by atoms with Gasteiger partial charge >= 0.3 is 0 Å². The second-order valence-corrected chi connectivity index (χ2v) is 5.11. The van der Waals surface area contributed by atoms with E-state index < -0.39 is 0 Å². The first-order valence-corrected chi connectivity index (χ1v) is 6.94. The van der Waals surface area contributed by atoms with Crippen LogP contribution in [0.5, 0.6) is 5.75 Å². The molecule has 1 aliphatic rings. The molecule has 0 aromatic heterocycles. The van der Waals surface area contributed by atoms with Gasteiger partial charge in [-0.05, 0) is 37.6 Å². The molecule has 1 aliphatic heterocycles. The van der Waals surface area contributed by atoms with Crippen molar-refractivity contribution in [1.29, 1.82) is 0 Å². The third-order valence-corrected chi connectivity index (χ3v) is 3.70. The number of hydrogen-bond donors (Lipinski definition) is 1. The van der Waals surface area contributed by atoms with Gasteiger partial charge in [0.1, 0.15) is 5.75 Å². The molecule has 100 valence electrons. The van der Waals surface area contributed by atoms with Crippen molar-refractivity contribution in [1.82, 2.24) is 4.90 Å². The monoisotopic (exact) mass is 248 g/mol. The lowest BCUT2D eigenvalue weighted by Crippen LogP contribution is -2.27. The minimum absolute atomic E-state index is 0.837. The van der Waals surface area contributed by atoms with Gasteiger partial charge in [-0.25, -0.2) is 0 Å². The Morgan fingerprint density at radius 1 is 1.11 bits per heavy atom. The quantitative estimate of drug-likeness (QED) is 0.836. The predicted octanol–water partition coefficient (Wildman–Crippen LogP) is 3.04. The summed E-state index contributed by atoms with van der Waals surface area (Å²) in [6, 6.07) is 6.00. The molecule has 0 unspecified atom stereocenters. The van der Waals surface area contributed by atoms with Crippen LogP contribution < -0.4 is 10.5 Å². The van der Waals surface area contributed by atoms with Crippen LogP contribution in [0.2, 0.25) is 0 Å². The Kier molecular flexibility index (Phi) is 4.88. The van der Waals surface area contributed by atoms with Crippen LogP contribution in [-0.4, -0.2) is 25.1 Å². The van der Waals surface area contributed by atoms with Crippen LogP contribution in [0, 0.1) is 0 Å². The van der Waals surface area contributed by atoms with E-state index in [0.29, 0.717) is 0 Å². The van der Waals surface area contributed by atoms with Gasteiger partial charge in [-0.1, -0.05) is 25.3 Å². The van der Waals surface area contributed by atoms with Crippen molar-refractivity contribution in [3.8, 4) is 5.75 Å². The van der Waals surface area contributed by atoms with Gasteiger partial charge in [0, 0.05) is 18.3 Å². The molecule has 1 saturated heterocycles. The van der Waals surface area contributed by atoms with E-state index >= 15 is 0 Å². The highest BCUT2D eigenvalue weighted by Crippen LogP contribution is 2.22. The van der Waals surface area contributed by atoms with E-state index in [1.807, 2.05) is 12.1 Å². The second kappa shape index (κ2) is 6.64. The van der Waals surface area contributed by atoms with E-state index in [0.717, 1.165) is 18.0 Å². The van der Waals surface area contributed by atoms with Gasteiger partial charge in [-0.3, -0.25) is 4.90 Å². The minimum Gasteiger partial charge on any atom is -0.497 e. The summed E-state index contributed by atoms with van der Waals surface area (Å²) in [6.07, 6.45) is 6.77. The molecule has 0 amide bonds. The van der Waals surface area contributed by atoms with Crippen LogP contribution >= 0.6 is 0 Å². The highest BCUT2D eigenvalue weighted by Gasteiger charge is 2.10. The molecule has 0 spiro atoms. The standard InChI is InChI=1S/C15H24N2O/c1-18-14-8-7-13(15(16)11-14)12-17-9-5-3-2-4-6-10-17/h7-8,11H,2-6,9-10,12,16H2,1H3. The summed E-state index contributed by atoms with van der Waals surface area (Å²) in [5.74, 6) is 0.837. The van der Waals surface area contributed by atoms with E-state index in [1.54, 1.807) is 7.11 Å². The van der Waals surface area contributed by atoms with E-state index in [4.69, 9.17) is 10.5 Å². The Morgan fingerprint density at radius 2 is 1.78 bits per heavy atom. The average Bonchev–Trinajstić information content (AvgIpc) is 2.34. The number of methoxy groups -OCH3 is 1. The third-order valence-electron chi connectivity index (χ3n) is 3.70. The molecule has 0 radical (unpaired) electrons. The predicted molar refractivity (Wildman–Crippen MR) is 75.8 cm³/mol. The highest BCUT2D eigenvalue weighted by atomic mass is 16.5. The van der Waals surface area contributed by atoms with E-state index in [-0.39, 0.29) is 0 Å². The summed E-state index contributed by atoms with van der Waals surface area (Å²) < 4.78 is 5.18. The molecule has 3 heteroatoms. The maximum Gasteiger partial charge on any atom is 0.120 e. The van der Waals surface area contributed by atoms with Crippen LogP contribution in [0.25, 0.3) is 0 Å². The lowest BCUT2D eigenvalue weighted by Gasteiger charge is -2.25. The molecular weight excluding hydrogens is 224 g/mol. The molecule has 0 bridgehead atoms. The number of hydrogen-bond acceptors (Lipinski definition) is 3. The van der Waals surface area contributed by atoms with Crippen molar-refractivity contribution in [3.63, 3.8) is 0 Å². The van der Waals surface area contributed by atoms with Gasteiger partial charge in [0.15, 0.2) is 0 Å². The van der Waals surface area contributed by atoms with Gasteiger partial charge < -0.3 is 10.5 Å². The normalized spacial score (nSPS) is 18.1. The van der Waals surface area contributed by atoms with Crippen molar-refractivity contribution < 1.29 is 4.74 Å². The topological polar surface area (TPSA) is 38.5 Å². The number of nitrogens with two attached hydrogens (primary N) is 1. The molecule has 0 aliphatic carbocycles. The van der Waals surface area contributed by atoms with E-state index in [2.05, 4.69) is 11.0 Å². The SMILES string of the molecule is COc1ccc(CN2CCCCCCC2)c(N)c1.